The quantitative estimate of drug-likeness (QED) is 0.717. The molecule has 1 fully saturated rings. The number of piperidine rings is 1. The Labute approximate surface area is 98.8 Å². The van der Waals surface area contributed by atoms with Crippen LogP contribution in [0.3, 0.4) is 0 Å². The molecule has 17 heavy (non-hydrogen) atoms. The molecule has 4 nitrogen and oxygen atoms in total. The summed E-state index contributed by atoms with van der Waals surface area (Å²) < 4.78 is 13.2. The first kappa shape index (κ1) is 11.9. The highest BCUT2D eigenvalue weighted by Crippen LogP contribution is 2.20. The minimum atomic E-state index is -0.576. The molecule has 1 aliphatic heterocycles. The fourth-order valence-electron chi connectivity index (χ4n) is 1.96. The van der Waals surface area contributed by atoms with Crippen molar-refractivity contribution in [2.75, 3.05) is 18.8 Å². The lowest BCUT2D eigenvalue weighted by Gasteiger charge is -2.29. The van der Waals surface area contributed by atoms with Gasteiger partial charge in [-0.3, -0.25) is 4.79 Å². The number of nitrogen functional groups attached to an aromatic ring is 1. The number of benzene rings is 1. The largest absolute Gasteiger partial charge is 0.396 e. The van der Waals surface area contributed by atoms with Crippen molar-refractivity contribution >= 4 is 11.6 Å². The minimum absolute atomic E-state index is 0.108. The van der Waals surface area contributed by atoms with Crippen LogP contribution in [0.5, 0.6) is 0 Å². The number of aliphatic hydroxyl groups excluding tert-OH is 1. The summed E-state index contributed by atoms with van der Waals surface area (Å²) in [5, 5.41) is 9.36. The van der Waals surface area contributed by atoms with Crippen LogP contribution in [0.25, 0.3) is 0 Å². The summed E-state index contributed by atoms with van der Waals surface area (Å²) in [6.07, 6.45) is 0.769. The number of rotatable bonds is 1. The van der Waals surface area contributed by atoms with Crippen LogP contribution >= 0.6 is 0 Å². The Morgan fingerprint density at radius 2 is 2.06 bits per heavy atom. The molecule has 1 aromatic carbocycles. The molecule has 1 amide bonds. The highest BCUT2D eigenvalue weighted by molar-refractivity contribution is 5.99. The van der Waals surface area contributed by atoms with Crippen molar-refractivity contribution in [1.29, 1.82) is 0 Å². The number of amides is 1. The molecule has 0 radical (unpaired) electrons. The van der Waals surface area contributed by atoms with E-state index in [0.29, 0.717) is 25.9 Å². The fourth-order valence-corrected chi connectivity index (χ4v) is 1.96. The smallest absolute Gasteiger partial charge is 0.256 e. The third-order valence-corrected chi connectivity index (χ3v) is 3.04. The standard InChI is InChI=1S/C12H15FN2O2/c13-10-3-1-2-9(11(10)14)12(17)15-6-4-8(16)5-7-15/h1-3,8,16H,4-7,14H2. The van der Waals surface area contributed by atoms with Gasteiger partial charge in [-0.15, -0.1) is 0 Å². The summed E-state index contributed by atoms with van der Waals surface area (Å²) in [5.41, 5.74) is 5.63. The maximum Gasteiger partial charge on any atom is 0.256 e. The lowest BCUT2D eigenvalue weighted by molar-refractivity contribution is 0.0547. The molecule has 0 bridgehead atoms. The van der Waals surface area contributed by atoms with Crippen LogP contribution < -0.4 is 5.73 Å². The summed E-state index contributed by atoms with van der Waals surface area (Å²) in [4.78, 5) is 13.7. The van der Waals surface area contributed by atoms with E-state index in [-0.39, 0.29) is 23.3 Å². The maximum atomic E-state index is 13.2. The Kier molecular flexibility index (Phi) is 3.28. The molecule has 1 aliphatic rings. The minimum Gasteiger partial charge on any atom is -0.396 e. The Morgan fingerprint density at radius 3 is 2.71 bits per heavy atom. The zero-order valence-electron chi connectivity index (χ0n) is 9.40. The average Bonchev–Trinajstić information content (AvgIpc) is 2.33. The predicted molar refractivity (Wildman–Crippen MR) is 62.0 cm³/mol. The van der Waals surface area contributed by atoms with Crippen LogP contribution in [0.15, 0.2) is 18.2 Å². The van der Waals surface area contributed by atoms with Crippen molar-refractivity contribution in [3.63, 3.8) is 0 Å². The van der Waals surface area contributed by atoms with E-state index in [0.717, 1.165) is 0 Å². The van der Waals surface area contributed by atoms with Gasteiger partial charge in [0.05, 0.1) is 17.4 Å². The number of carbonyl (C=O) groups is 1. The molecule has 3 N–H and O–H groups in total. The van der Waals surface area contributed by atoms with Crippen molar-refractivity contribution in [2.45, 2.75) is 18.9 Å². The number of hydrogen-bond donors (Lipinski definition) is 2. The van der Waals surface area contributed by atoms with E-state index in [9.17, 15) is 14.3 Å². The molecule has 0 spiro atoms. The summed E-state index contributed by atoms with van der Waals surface area (Å²) >= 11 is 0. The van der Waals surface area contributed by atoms with E-state index in [1.54, 1.807) is 4.90 Å². The van der Waals surface area contributed by atoms with Gasteiger partial charge in [0.25, 0.3) is 5.91 Å². The lowest BCUT2D eigenvalue weighted by atomic mass is 10.1. The summed E-state index contributed by atoms with van der Waals surface area (Å²) in [6.45, 7) is 0.964. The molecule has 1 saturated heterocycles. The number of carbonyl (C=O) groups excluding carboxylic acids is 1. The van der Waals surface area contributed by atoms with Crippen LogP contribution in [0.2, 0.25) is 0 Å². The Balaban J connectivity index is 2.17. The zero-order valence-corrected chi connectivity index (χ0v) is 9.40. The lowest BCUT2D eigenvalue weighted by Crippen LogP contribution is -2.40. The van der Waals surface area contributed by atoms with Crippen LogP contribution in [0.1, 0.15) is 23.2 Å². The number of aliphatic hydroxyl groups is 1. The van der Waals surface area contributed by atoms with Gasteiger partial charge in [-0.05, 0) is 25.0 Å². The third-order valence-electron chi connectivity index (χ3n) is 3.04. The van der Waals surface area contributed by atoms with Crippen molar-refractivity contribution in [2.24, 2.45) is 0 Å². The zero-order chi connectivity index (χ0) is 12.4. The van der Waals surface area contributed by atoms with Crippen molar-refractivity contribution in [1.82, 2.24) is 4.90 Å². The van der Waals surface area contributed by atoms with Crippen LogP contribution in [-0.2, 0) is 0 Å². The number of para-hydroxylation sites is 1. The maximum absolute atomic E-state index is 13.2. The first-order valence-corrected chi connectivity index (χ1v) is 5.61. The van der Waals surface area contributed by atoms with E-state index in [1.165, 1.54) is 18.2 Å². The Bertz CT molecular complexity index is 429. The second-order valence-electron chi connectivity index (χ2n) is 4.22. The Morgan fingerprint density at radius 1 is 1.41 bits per heavy atom. The molecule has 0 atom stereocenters. The SMILES string of the molecule is Nc1c(F)cccc1C(=O)N1CCC(O)CC1. The van der Waals surface area contributed by atoms with Gasteiger partial charge in [-0.2, -0.15) is 0 Å². The van der Waals surface area contributed by atoms with Gasteiger partial charge in [-0.25, -0.2) is 4.39 Å². The third kappa shape index (κ3) is 2.39. The average molecular weight is 238 g/mol. The van der Waals surface area contributed by atoms with Gasteiger partial charge in [0.1, 0.15) is 5.82 Å². The van der Waals surface area contributed by atoms with E-state index < -0.39 is 5.82 Å². The van der Waals surface area contributed by atoms with Crippen molar-refractivity contribution in [3.8, 4) is 0 Å². The Hall–Kier alpha value is -1.62. The molecule has 0 saturated carbocycles. The van der Waals surface area contributed by atoms with Crippen molar-refractivity contribution < 1.29 is 14.3 Å². The van der Waals surface area contributed by atoms with Gasteiger partial charge in [0.2, 0.25) is 0 Å². The molecular formula is C12H15FN2O2. The first-order valence-electron chi connectivity index (χ1n) is 5.61. The molecule has 1 heterocycles. The monoisotopic (exact) mass is 238 g/mol. The van der Waals surface area contributed by atoms with E-state index >= 15 is 0 Å². The molecule has 0 aromatic heterocycles. The van der Waals surface area contributed by atoms with Gasteiger partial charge >= 0.3 is 0 Å². The number of nitrogens with two attached hydrogens (primary N) is 1. The van der Waals surface area contributed by atoms with E-state index in [4.69, 9.17) is 5.73 Å². The van der Waals surface area contributed by atoms with Crippen LogP contribution in [-0.4, -0.2) is 35.1 Å². The number of hydrogen-bond acceptors (Lipinski definition) is 3. The van der Waals surface area contributed by atoms with Crippen LogP contribution in [0.4, 0.5) is 10.1 Å². The molecule has 92 valence electrons. The molecule has 0 aliphatic carbocycles. The summed E-state index contributed by atoms with van der Waals surface area (Å²) in [6, 6.07) is 4.22. The fraction of sp³-hybridized carbons (Fsp3) is 0.417. The molecule has 2 rings (SSSR count). The van der Waals surface area contributed by atoms with Crippen molar-refractivity contribution in [3.05, 3.63) is 29.6 Å². The molecule has 5 heteroatoms. The number of anilines is 1. The highest BCUT2D eigenvalue weighted by Gasteiger charge is 2.24. The van der Waals surface area contributed by atoms with Gasteiger partial charge in [0, 0.05) is 13.1 Å². The number of nitrogens with zero attached hydrogens (tertiary/aromatic N) is 1. The topological polar surface area (TPSA) is 66.6 Å². The molecule has 1 aromatic rings. The first-order chi connectivity index (χ1) is 8.09. The number of likely N-dealkylation sites (tertiary alicyclic amines) is 1. The van der Waals surface area contributed by atoms with E-state index in [1.807, 2.05) is 0 Å². The molecular weight excluding hydrogens is 223 g/mol. The summed E-state index contributed by atoms with van der Waals surface area (Å²) in [5.74, 6) is -0.846. The second kappa shape index (κ2) is 4.71. The highest BCUT2D eigenvalue weighted by atomic mass is 19.1. The van der Waals surface area contributed by atoms with Gasteiger partial charge in [0.15, 0.2) is 0 Å². The second-order valence-corrected chi connectivity index (χ2v) is 4.22. The van der Waals surface area contributed by atoms with Gasteiger partial charge < -0.3 is 15.7 Å². The summed E-state index contributed by atoms with van der Waals surface area (Å²) in [7, 11) is 0. The van der Waals surface area contributed by atoms with Gasteiger partial charge in [-0.1, -0.05) is 6.07 Å². The van der Waals surface area contributed by atoms with E-state index in [2.05, 4.69) is 0 Å². The predicted octanol–water partition coefficient (Wildman–Crippen LogP) is 1.00. The number of halogens is 1. The van der Waals surface area contributed by atoms with Crippen LogP contribution in [0, 0.1) is 5.82 Å². The molecule has 0 unspecified atom stereocenters. The normalized spacial score (nSPS) is 17.2.